The minimum Gasteiger partial charge on any atom is -0.497 e. The molecule has 2 aromatic heterocycles. The van der Waals surface area contributed by atoms with Crippen LogP contribution in [0.25, 0.3) is 11.3 Å². The largest absolute Gasteiger partial charge is 0.497 e. The molecule has 4 rings (SSSR count). The van der Waals surface area contributed by atoms with E-state index in [1.807, 2.05) is 55.1 Å². The average Bonchev–Trinajstić information content (AvgIpc) is 3.11. The van der Waals surface area contributed by atoms with Gasteiger partial charge in [0.2, 0.25) is 0 Å². The van der Waals surface area contributed by atoms with Crippen molar-refractivity contribution in [2.75, 3.05) is 38.2 Å². The molecule has 0 spiro atoms. The number of thiazole rings is 1. The summed E-state index contributed by atoms with van der Waals surface area (Å²) >= 11 is 1.47. The molecule has 29 heavy (non-hydrogen) atoms. The van der Waals surface area contributed by atoms with Gasteiger partial charge < -0.3 is 14.5 Å². The van der Waals surface area contributed by atoms with Gasteiger partial charge in [0.15, 0.2) is 5.82 Å². The van der Waals surface area contributed by atoms with E-state index in [1.54, 1.807) is 7.11 Å². The van der Waals surface area contributed by atoms with Crippen molar-refractivity contribution < 1.29 is 9.53 Å². The van der Waals surface area contributed by atoms with Crippen LogP contribution in [-0.2, 0) is 0 Å². The van der Waals surface area contributed by atoms with Crippen LogP contribution in [0, 0.1) is 13.8 Å². The minimum atomic E-state index is 0.0775. The van der Waals surface area contributed by atoms with Gasteiger partial charge in [-0.25, -0.2) is 4.98 Å². The predicted molar refractivity (Wildman–Crippen MR) is 114 cm³/mol. The number of carbonyl (C=O) groups excluding carboxylic acids is 1. The van der Waals surface area contributed by atoms with Crippen LogP contribution < -0.4 is 9.64 Å². The third kappa shape index (κ3) is 4.07. The fourth-order valence-corrected chi connectivity index (χ4v) is 4.31. The highest BCUT2D eigenvalue weighted by molar-refractivity contribution is 7.13. The molecular weight excluding hydrogens is 386 g/mol. The minimum absolute atomic E-state index is 0.0775. The first kappa shape index (κ1) is 19.3. The van der Waals surface area contributed by atoms with E-state index in [2.05, 4.69) is 20.1 Å². The molecule has 3 aromatic rings. The quantitative estimate of drug-likeness (QED) is 0.659. The van der Waals surface area contributed by atoms with Gasteiger partial charge in [-0.2, -0.15) is 0 Å². The van der Waals surface area contributed by atoms with Crippen molar-refractivity contribution in [1.29, 1.82) is 0 Å². The number of anilines is 1. The molecule has 1 amide bonds. The lowest BCUT2D eigenvalue weighted by molar-refractivity contribution is 0.0750. The van der Waals surface area contributed by atoms with Gasteiger partial charge in [-0.1, -0.05) is 0 Å². The Labute approximate surface area is 174 Å². The molecule has 1 fully saturated rings. The summed E-state index contributed by atoms with van der Waals surface area (Å²) < 4.78 is 5.19. The molecule has 7 nitrogen and oxygen atoms in total. The molecular formula is C21H23N5O2S. The van der Waals surface area contributed by atoms with Gasteiger partial charge in [-0.05, 0) is 50.2 Å². The maximum absolute atomic E-state index is 12.8. The number of carbonyl (C=O) groups is 1. The highest BCUT2D eigenvalue weighted by Gasteiger charge is 2.25. The molecule has 0 bridgehead atoms. The molecule has 8 heteroatoms. The second-order valence-corrected chi connectivity index (χ2v) is 8.14. The number of nitrogens with zero attached hydrogens (tertiary/aromatic N) is 5. The van der Waals surface area contributed by atoms with Crippen LogP contribution in [0.2, 0.25) is 0 Å². The van der Waals surface area contributed by atoms with E-state index in [4.69, 9.17) is 4.74 Å². The number of benzene rings is 1. The Morgan fingerprint density at radius 1 is 1.00 bits per heavy atom. The zero-order valence-electron chi connectivity index (χ0n) is 16.8. The Balaban J connectivity index is 1.39. The van der Waals surface area contributed by atoms with Gasteiger partial charge in [-0.15, -0.1) is 21.5 Å². The number of hydrogen-bond acceptors (Lipinski definition) is 7. The third-order valence-electron chi connectivity index (χ3n) is 5.02. The number of amides is 1. The fourth-order valence-electron chi connectivity index (χ4n) is 3.42. The molecule has 0 radical (unpaired) electrons. The van der Waals surface area contributed by atoms with E-state index in [-0.39, 0.29) is 5.91 Å². The predicted octanol–water partition coefficient (Wildman–Crippen LogP) is 3.19. The lowest BCUT2D eigenvalue weighted by Gasteiger charge is -2.35. The molecule has 1 aliphatic rings. The Hall–Kier alpha value is -3.00. The zero-order valence-corrected chi connectivity index (χ0v) is 17.6. The van der Waals surface area contributed by atoms with E-state index in [9.17, 15) is 4.79 Å². The smallest absolute Gasteiger partial charge is 0.265 e. The van der Waals surface area contributed by atoms with Crippen LogP contribution in [0.1, 0.15) is 20.4 Å². The first-order valence-corrected chi connectivity index (χ1v) is 10.3. The van der Waals surface area contributed by atoms with Crippen molar-refractivity contribution >= 4 is 23.1 Å². The molecule has 1 saturated heterocycles. The van der Waals surface area contributed by atoms with Crippen LogP contribution in [0.4, 0.5) is 5.82 Å². The summed E-state index contributed by atoms with van der Waals surface area (Å²) in [5, 5.41) is 9.70. The molecule has 0 unspecified atom stereocenters. The highest BCUT2D eigenvalue weighted by atomic mass is 32.1. The van der Waals surface area contributed by atoms with Gasteiger partial charge >= 0.3 is 0 Å². The van der Waals surface area contributed by atoms with Gasteiger partial charge in [0.25, 0.3) is 5.91 Å². The number of piperazine rings is 1. The molecule has 0 atom stereocenters. The van der Waals surface area contributed by atoms with Crippen molar-refractivity contribution in [2.24, 2.45) is 0 Å². The van der Waals surface area contributed by atoms with Gasteiger partial charge in [0.05, 0.1) is 23.5 Å². The average molecular weight is 410 g/mol. The van der Waals surface area contributed by atoms with Crippen LogP contribution in [-0.4, -0.2) is 59.3 Å². The molecule has 1 aromatic carbocycles. The molecule has 3 heterocycles. The van der Waals surface area contributed by atoms with E-state index >= 15 is 0 Å². The normalized spacial score (nSPS) is 14.2. The fraction of sp³-hybridized carbons (Fsp3) is 0.333. The Morgan fingerprint density at radius 2 is 1.72 bits per heavy atom. The summed E-state index contributed by atoms with van der Waals surface area (Å²) in [7, 11) is 1.65. The van der Waals surface area contributed by atoms with Crippen LogP contribution in [0.15, 0.2) is 36.4 Å². The molecule has 0 saturated carbocycles. The van der Waals surface area contributed by atoms with E-state index in [0.29, 0.717) is 13.1 Å². The number of aromatic nitrogens is 3. The summed E-state index contributed by atoms with van der Waals surface area (Å²) in [4.78, 5) is 21.9. The lowest BCUT2D eigenvalue weighted by Crippen LogP contribution is -2.49. The van der Waals surface area contributed by atoms with Gasteiger partial charge in [0.1, 0.15) is 10.6 Å². The SMILES string of the molecule is COc1ccc(-c2ccc(N3CCN(C(=O)c4sc(C)nc4C)CC3)nn2)cc1. The number of hydrogen-bond donors (Lipinski definition) is 0. The second-order valence-electron chi connectivity index (χ2n) is 6.93. The number of rotatable bonds is 4. The third-order valence-corrected chi connectivity index (χ3v) is 6.09. The van der Waals surface area contributed by atoms with Gasteiger partial charge in [0, 0.05) is 31.7 Å². The van der Waals surface area contributed by atoms with Crippen molar-refractivity contribution in [1.82, 2.24) is 20.1 Å². The summed E-state index contributed by atoms with van der Waals surface area (Å²) in [6, 6.07) is 11.7. The second kappa shape index (κ2) is 8.16. The topological polar surface area (TPSA) is 71.5 Å². The van der Waals surface area contributed by atoms with E-state index < -0.39 is 0 Å². The number of methoxy groups -OCH3 is 1. The first-order chi connectivity index (χ1) is 14.0. The molecule has 0 N–H and O–H groups in total. The monoisotopic (exact) mass is 409 g/mol. The summed E-state index contributed by atoms with van der Waals surface area (Å²) in [6.45, 7) is 6.63. The van der Waals surface area contributed by atoms with E-state index in [0.717, 1.165) is 51.5 Å². The van der Waals surface area contributed by atoms with Crippen molar-refractivity contribution in [3.8, 4) is 17.0 Å². The Bertz CT molecular complexity index is 993. The lowest BCUT2D eigenvalue weighted by atomic mass is 10.1. The van der Waals surface area contributed by atoms with Crippen LogP contribution in [0.5, 0.6) is 5.75 Å². The summed E-state index contributed by atoms with van der Waals surface area (Å²) in [5.41, 5.74) is 2.64. The summed E-state index contributed by atoms with van der Waals surface area (Å²) in [5.74, 6) is 1.72. The molecule has 0 aliphatic carbocycles. The summed E-state index contributed by atoms with van der Waals surface area (Å²) in [6.07, 6.45) is 0. The Kier molecular flexibility index (Phi) is 5.44. The number of aryl methyl sites for hydroxylation is 2. The van der Waals surface area contributed by atoms with Gasteiger partial charge in [-0.3, -0.25) is 4.79 Å². The van der Waals surface area contributed by atoms with E-state index in [1.165, 1.54) is 11.3 Å². The van der Waals surface area contributed by atoms with Crippen LogP contribution in [0.3, 0.4) is 0 Å². The standard InChI is InChI=1S/C21H23N5O2S/c1-14-20(29-15(2)22-14)21(27)26-12-10-25(11-13-26)19-9-8-18(23-24-19)16-4-6-17(28-3)7-5-16/h4-9H,10-13H2,1-3H3. The van der Waals surface area contributed by atoms with Crippen molar-refractivity contribution in [3.05, 3.63) is 52.0 Å². The molecule has 1 aliphatic heterocycles. The number of ether oxygens (including phenoxy) is 1. The van der Waals surface area contributed by atoms with Crippen molar-refractivity contribution in [3.63, 3.8) is 0 Å². The zero-order chi connectivity index (χ0) is 20.4. The highest BCUT2D eigenvalue weighted by Crippen LogP contribution is 2.23. The maximum atomic E-state index is 12.8. The van der Waals surface area contributed by atoms with Crippen LogP contribution >= 0.6 is 11.3 Å². The van der Waals surface area contributed by atoms with Crippen molar-refractivity contribution in [2.45, 2.75) is 13.8 Å². The Morgan fingerprint density at radius 3 is 2.28 bits per heavy atom. The molecule has 150 valence electrons. The maximum Gasteiger partial charge on any atom is 0.265 e. The first-order valence-electron chi connectivity index (χ1n) is 9.51.